The van der Waals surface area contributed by atoms with E-state index in [4.69, 9.17) is 19.5 Å². The Bertz CT molecular complexity index is 1910. The number of alkyl carbamates (subject to hydrolysis) is 2. The van der Waals surface area contributed by atoms with Crippen LogP contribution in [0.3, 0.4) is 0 Å². The number of nitrogens with one attached hydrogen (secondary N) is 2. The van der Waals surface area contributed by atoms with Crippen LogP contribution in [-0.4, -0.2) is 112 Å². The van der Waals surface area contributed by atoms with Crippen LogP contribution in [0.4, 0.5) is 21.0 Å². The number of fused-ring (bicyclic) bond motifs is 2. The molecular formula is C40H49N9O6. The van der Waals surface area contributed by atoms with Gasteiger partial charge in [0.1, 0.15) is 17.8 Å². The number of ether oxygens (including phenoxy) is 2. The maximum absolute atomic E-state index is 13.6. The number of nitrogens with zero attached hydrogens (tertiary/aromatic N) is 7. The molecule has 4 atom stereocenters. The Balaban J connectivity index is 1.01. The number of hydrogen-bond donors (Lipinski definition) is 2. The first kappa shape index (κ1) is 37.7. The van der Waals surface area contributed by atoms with E-state index in [9.17, 15) is 19.2 Å². The summed E-state index contributed by atoms with van der Waals surface area (Å²) in [6.45, 7) is 8.86. The predicted molar refractivity (Wildman–Crippen MR) is 206 cm³/mol. The van der Waals surface area contributed by atoms with Gasteiger partial charge in [-0.1, -0.05) is 39.0 Å². The van der Waals surface area contributed by atoms with Crippen molar-refractivity contribution >= 4 is 46.8 Å². The van der Waals surface area contributed by atoms with Gasteiger partial charge in [-0.25, -0.2) is 14.3 Å². The average molecular weight is 752 g/mol. The van der Waals surface area contributed by atoms with Gasteiger partial charge < -0.3 is 29.9 Å². The van der Waals surface area contributed by atoms with E-state index in [-0.39, 0.29) is 35.7 Å². The Hall–Kier alpha value is -5.60. The highest BCUT2D eigenvalue weighted by Crippen LogP contribution is 2.36. The maximum Gasteiger partial charge on any atom is 0.407 e. The fourth-order valence-corrected chi connectivity index (χ4v) is 8.16. The highest BCUT2D eigenvalue weighted by atomic mass is 16.5. The van der Waals surface area contributed by atoms with Crippen molar-refractivity contribution in [2.24, 2.45) is 21.8 Å². The number of amides is 4. The normalized spacial score (nSPS) is 19.9. The van der Waals surface area contributed by atoms with Gasteiger partial charge in [0.25, 0.3) is 0 Å². The van der Waals surface area contributed by atoms with Crippen molar-refractivity contribution in [2.75, 3.05) is 27.3 Å². The lowest BCUT2D eigenvalue weighted by Crippen LogP contribution is -2.53. The van der Waals surface area contributed by atoms with E-state index in [2.05, 4.69) is 33.1 Å². The van der Waals surface area contributed by atoms with Crippen molar-refractivity contribution in [1.82, 2.24) is 35.4 Å². The molecule has 0 unspecified atom stereocenters. The topological polar surface area (TPSA) is 173 Å². The standard InChI is InChI=1S/C40H49N9O6/c1-22(2)35(43-39(52)54-5)37(50)47-15-7-9-33(47)30-19-25-17-24(11-13-28(25)41-30)32-21-49(46-45-32)27-12-14-29-26(18-27)20-31(42-29)34-10-8-16-48(34)38(51)36(23(3)4)44-40(53)55-6/h11-14,17-18,21-23,33-36H,7-10,15-16,19-20H2,1-6H3,(H,43,52)(H,44,53)/t33-,34-,35-,36-/m0/s1. The molecule has 1 aromatic heterocycles. The molecule has 4 amide bonds. The van der Waals surface area contributed by atoms with Crippen LogP contribution in [0.1, 0.15) is 64.5 Å². The molecule has 15 nitrogen and oxygen atoms in total. The molecule has 0 bridgehead atoms. The third kappa shape index (κ3) is 7.56. The van der Waals surface area contributed by atoms with Crippen molar-refractivity contribution in [3.05, 3.63) is 53.7 Å². The van der Waals surface area contributed by atoms with Crippen LogP contribution in [0.25, 0.3) is 16.9 Å². The zero-order valence-electron chi connectivity index (χ0n) is 32.2. The number of carbonyl (C=O) groups excluding carboxylic acids is 4. The zero-order valence-corrected chi connectivity index (χ0v) is 32.2. The van der Waals surface area contributed by atoms with Gasteiger partial charge in [0.05, 0.1) is 49.6 Å². The van der Waals surface area contributed by atoms with Crippen molar-refractivity contribution in [2.45, 2.75) is 90.4 Å². The molecule has 0 aliphatic carbocycles. The first-order valence-corrected chi connectivity index (χ1v) is 19.1. The van der Waals surface area contributed by atoms with E-state index >= 15 is 0 Å². The summed E-state index contributed by atoms with van der Waals surface area (Å²) in [7, 11) is 2.59. The van der Waals surface area contributed by atoms with Gasteiger partial charge in [0, 0.05) is 42.9 Å². The van der Waals surface area contributed by atoms with Crippen LogP contribution in [0.15, 0.2) is 52.6 Å². The summed E-state index contributed by atoms with van der Waals surface area (Å²) in [4.78, 5) is 64.9. The minimum Gasteiger partial charge on any atom is -0.453 e. The van der Waals surface area contributed by atoms with Gasteiger partial charge in [-0.15, -0.1) is 5.10 Å². The fraction of sp³-hybridized carbons (Fsp3) is 0.500. The first-order chi connectivity index (χ1) is 26.4. The maximum atomic E-state index is 13.6. The molecule has 2 aromatic carbocycles. The molecule has 4 aliphatic rings. The summed E-state index contributed by atoms with van der Waals surface area (Å²) in [5, 5.41) is 14.4. The number of carbonyl (C=O) groups is 4. The van der Waals surface area contributed by atoms with E-state index in [0.717, 1.165) is 76.6 Å². The molecule has 2 saturated heterocycles. The predicted octanol–water partition coefficient (Wildman–Crippen LogP) is 4.93. The number of benzene rings is 2. The fourth-order valence-electron chi connectivity index (χ4n) is 8.16. The molecule has 15 heteroatoms. The lowest BCUT2D eigenvalue weighted by atomic mass is 9.99. The minimum atomic E-state index is -0.681. The molecule has 0 spiro atoms. The number of aromatic nitrogens is 3. The molecule has 7 rings (SSSR count). The summed E-state index contributed by atoms with van der Waals surface area (Å²) in [5.41, 5.74) is 8.27. The second kappa shape index (κ2) is 15.6. The van der Waals surface area contributed by atoms with E-state index in [1.54, 1.807) is 4.68 Å². The van der Waals surface area contributed by atoms with E-state index in [1.165, 1.54) is 14.2 Å². The van der Waals surface area contributed by atoms with Crippen LogP contribution >= 0.6 is 0 Å². The average Bonchev–Trinajstić information content (AvgIpc) is 4.02. The van der Waals surface area contributed by atoms with Gasteiger partial charge in [0.15, 0.2) is 0 Å². The van der Waals surface area contributed by atoms with Crippen molar-refractivity contribution < 1.29 is 28.7 Å². The Morgan fingerprint density at radius 2 is 1.24 bits per heavy atom. The van der Waals surface area contributed by atoms with Gasteiger partial charge in [-0.3, -0.25) is 19.6 Å². The van der Waals surface area contributed by atoms with Crippen LogP contribution in [0.5, 0.6) is 0 Å². The van der Waals surface area contributed by atoms with Crippen LogP contribution in [-0.2, 0) is 31.9 Å². The van der Waals surface area contributed by atoms with Crippen LogP contribution in [0.2, 0.25) is 0 Å². The summed E-state index contributed by atoms with van der Waals surface area (Å²) in [5.74, 6) is -0.438. The number of hydrogen-bond acceptors (Lipinski definition) is 10. The minimum absolute atomic E-state index is 0.101. The SMILES string of the molecule is COC(=O)N[C@H](C(=O)N1CCC[C@H]1C1=Nc2ccc(-c3cn(-c4ccc5c(c4)CC([C@@H]4CCCN4C(=O)[C@@H](NC(=O)OC)C(C)C)=N5)nn3)cc2C1)C(C)C. The summed E-state index contributed by atoms with van der Waals surface area (Å²) >= 11 is 0. The van der Waals surface area contributed by atoms with Crippen molar-refractivity contribution in [1.29, 1.82) is 0 Å². The number of aliphatic imine (C=N–C) groups is 2. The molecule has 4 aliphatic heterocycles. The third-order valence-corrected chi connectivity index (χ3v) is 11.1. The molecule has 3 aromatic rings. The molecule has 0 saturated carbocycles. The van der Waals surface area contributed by atoms with E-state index in [0.29, 0.717) is 25.9 Å². The van der Waals surface area contributed by atoms with Gasteiger partial charge in [-0.05, 0) is 79.0 Å². The van der Waals surface area contributed by atoms with Crippen molar-refractivity contribution in [3.8, 4) is 16.9 Å². The quantitative estimate of drug-likeness (QED) is 0.293. The molecule has 55 heavy (non-hydrogen) atoms. The Kier molecular flexibility index (Phi) is 10.7. The van der Waals surface area contributed by atoms with Crippen molar-refractivity contribution in [3.63, 3.8) is 0 Å². The van der Waals surface area contributed by atoms with Crippen LogP contribution in [0, 0.1) is 11.8 Å². The molecule has 2 N–H and O–H groups in total. The third-order valence-electron chi connectivity index (χ3n) is 11.1. The lowest BCUT2D eigenvalue weighted by Gasteiger charge is -2.30. The number of rotatable bonds is 10. The molecular weight excluding hydrogens is 702 g/mol. The highest BCUT2D eigenvalue weighted by molar-refractivity contribution is 6.02. The highest BCUT2D eigenvalue weighted by Gasteiger charge is 2.40. The Labute approximate surface area is 320 Å². The van der Waals surface area contributed by atoms with Gasteiger partial charge >= 0.3 is 12.2 Å². The Morgan fingerprint density at radius 3 is 1.75 bits per heavy atom. The summed E-state index contributed by atoms with van der Waals surface area (Å²) < 4.78 is 11.3. The van der Waals surface area contributed by atoms with Gasteiger partial charge in [-0.2, -0.15) is 0 Å². The Morgan fingerprint density at radius 1 is 0.727 bits per heavy atom. The van der Waals surface area contributed by atoms with E-state index in [1.807, 2.05) is 68.0 Å². The largest absolute Gasteiger partial charge is 0.453 e. The summed E-state index contributed by atoms with van der Waals surface area (Å²) in [6, 6.07) is 10.5. The molecule has 5 heterocycles. The molecule has 290 valence electrons. The monoisotopic (exact) mass is 751 g/mol. The summed E-state index contributed by atoms with van der Waals surface area (Å²) in [6.07, 6.45) is 5.28. The van der Waals surface area contributed by atoms with Crippen LogP contribution < -0.4 is 10.6 Å². The molecule has 2 fully saturated rings. The van der Waals surface area contributed by atoms with Gasteiger partial charge in [0.2, 0.25) is 11.8 Å². The smallest absolute Gasteiger partial charge is 0.407 e. The molecule has 0 radical (unpaired) electrons. The first-order valence-electron chi connectivity index (χ1n) is 19.1. The second-order valence-electron chi connectivity index (χ2n) is 15.4. The van der Waals surface area contributed by atoms with E-state index < -0.39 is 24.3 Å². The lowest BCUT2D eigenvalue weighted by molar-refractivity contribution is -0.134. The zero-order chi connectivity index (χ0) is 39.0. The second-order valence-corrected chi connectivity index (χ2v) is 15.4. The number of methoxy groups -OCH3 is 2. The number of likely N-dealkylation sites (tertiary alicyclic amines) is 2.